The second-order valence-electron chi connectivity index (χ2n) is 4.89. The van der Waals surface area contributed by atoms with Gasteiger partial charge in [-0.15, -0.1) is 0 Å². The van der Waals surface area contributed by atoms with Crippen LogP contribution in [-0.4, -0.2) is 18.1 Å². The molecule has 0 spiro atoms. The Bertz CT molecular complexity index is 437. The fourth-order valence-electron chi connectivity index (χ4n) is 2.24. The lowest BCUT2D eigenvalue weighted by atomic mass is 10.0. The summed E-state index contributed by atoms with van der Waals surface area (Å²) < 4.78 is 14.0. The standard InChI is InChI=1S/C13H17FN2S/c1-8-6-16(7-9(8)2)12-4-3-10(13(15)17)5-11(12)14/h3-5,8-9H,6-7H2,1-2H3,(H2,15,17). The van der Waals surface area contributed by atoms with E-state index in [0.717, 1.165) is 13.1 Å². The van der Waals surface area contributed by atoms with Crippen LogP contribution in [0.3, 0.4) is 0 Å². The minimum atomic E-state index is -0.239. The Balaban J connectivity index is 2.26. The van der Waals surface area contributed by atoms with Crippen molar-refractivity contribution in [2.75, 3.05) is 18.0 Å². The fraction of sp³-hybridized carbons (Fsp3) is 0.462. The van der Waals surface area contributed by atoms with Gasteiger partial charge in [-0.3, -0.25) is 0 Å². The van der Waals surface area contributed by atoms with Gasteiger partial charge >= 0.3 is 0 Å². The van der Waals surface area contributed by atoms with Crippen LogP contribution in [0, 0.1) is 17.7 Å². The average molecular weight is 252 g/mol. The van der Waals surface area contributed by atoms with Crippen LogP contribution in [0.1, 0.15) is 19.4 Å². The predicted octanol–water partition coefficient (Wildman–Crippen LogP) is 2.55. The van der Waals surface area contributed by atoms with E-state index in [1.54, 1.807) is 12.1 Å². The topological polar surface area (TPSA) is 29.3 Å². The second kappa shape index (κ2) is 4.61. The SMILES string of the molecule is CC1CN(c2ccc(C(N)=S)cc2F)CC1C. The molecule has 2 nitrogen and oxygen atoms in total. The van der Waals surface area contributed by atoms with Gasteiger partial charge in [-0.1, -0.05) is 26.1 Å². The molecule has 1 aliphatic heterocycles. The molecular weight excluding hydrogens is 235 g/mol. The van der Waals surface area contributed by atoms with Crippen LogP contribution in [-0.2, 0) is 0 Å². The van der Waals surface area contributed by atoms with Crippen LogP contribution >= 0.6 is 12.2 Å². The fourth-order valence-corrected chi connectivity index (χ4v) is 2.37. The lowest BCUT2D eigenvalue weighted by molar-refractivity contribution is 0.494. The Morgan fingerprint density at radius 2 is 1.94 bits per heavy atom. The van der Waals surface area contributed by atoms with Crippen LogP contribution in [0.2, 0.25) is 0 Å². The first kappa shape index (κ1) is 12.3. The van der Waals surface area contributed by atoms with E-state index in [-0.39, 0.29) is 10.8 Å². The maximum absolute atomic E-state index is 14.0. The number of benzene rings is 1. The molecule has 1 aromatic carbocycles. The highest BCUT2D eigenvalue weighted by atomic mass is 32.1. The lowest BCUT2D eigenvalue weighted by Crippen LogP contribution is -2.21. The minimum Gasteiger partial charge on any atom is -0.389 e. The highest BCUT2D eigenvalue weighted by Gasteiger charge is 2.27. The van der Waals surface area contributed by atoms with Crippen molar-refractivity contribution in [3.05, 3.63) is 29.6 Å². The van der Waals surface area contributed by atoms with Crippen molar-refractivity contribution in [2.24, 2.45) is 17.6 Å². The molecule has 0 aliphatic carbocycles. The van der Waals surface area contributed by atoms with Crippen LogP contribution < -0.4 is 10.6 Å². The molecule has 0 saturated carbocycles. The second-order valence-corrected chi connectivity index (χ2v) is 5.33. The van der Waals surface area contributed by atoms with E-state index in [9.17, 15) is 4.39 Å². The Morgan fingerprint density at radius 1 is 1.35 bits per heavy atom. The molecule has 2 rings (SSSR count). The normalized spacial score (nSPS) is 24.1. The van der Waals surface area contributed by atoms with Crippen molar-refractivity contribution in [2.45, 2.75) is 13.8 Å². The van der Waals surface area contributed by atoms with Gasteiger partial charge in [0.15, 0.2) is 0 Å². The highest BCUT2D eigenvalue weighted by molar-refractivity contribution is 7.80. The van der Waals surface area contributed by atoms with Crippen molar-refractivity contribution in [3.63, 3.8) is 0 Å². The largest absolute Gasteiger partial charge is 0.389 e. The summed E-state index contributed by atoms with van der Waals surface area (Å²) in [4.78, 5) is 2.33. The molecule has 1 heterocycles. The molecule has 2 atom stereocenters. The molecule has 1 saturated heterocycles. The Kier molecular flexibility index (Phi) is 3.33. The number of hydrogen-bond donors (Lipinski definition) is 1. The van der Waals surface area contributed by atoms with E-state index < -0.39 is 0 Å². The average Bonchev–Trinajstić information content (AvgIpc) is 2.58. The van der Waals surface area contributed by atoms with Gasteiger partial charge in [0, 0.05) is 18.7 Å². The highest BCUT2D eigenvalue weighted by Crippen LogP contribution is 2.29. The number of thiocarbonyl (C=S) groups is 1. The first-order chi connectivity index (χ1) is 7.99. The van der Waals surface area contributed by atoms with Crippen LogP contribution in [0.4, 0.5) is 10.1 Å². The monoisotopic (exact) mass is 252 g/mol. The zero-order valence-electron chi connectivity index (χ0n) is 10.1. The van der Waals surface area contributed by atoms with Gasteiger partial charge in [0.1, 0.15) is 10.8 Å². The van der Waals surface area contributed by atoms with Gasteiger partial charge in [-0.25, -0.2) is 4.39 Å². The molecule has 0 aromatic heterocycles. The third-order valence-electron chi connectivity index (χ3n) is 3.56. The zero-order valence-corrected chi connectivity index (χ0v) is 10.9. The summed E-state index contributed by atoms with van der Waals surface area (Å²) in [5.41, 5.74) is 6.72. The molecule has 1 aromatic rings. The minimum absolute atomic E-state index is 0.235. The van der Waals surface area contributed by atoms with Crippen LogP contribution in [0.25, 0.3) is 0 Å². The van der Waals surface area contributed by atoms with Gasteiger partial charge in [0.25, 0.3) is 0 Å². The van der Waals surface area contributed by atoms with Gasteiger partial charge in [-0.2, -0.15) is 0 Å². The number of nitrogens with zero attached hydrogens (tertiary/aromatic N) is 1. The first-order valence-corrected chi connectivity index (χ1v) is 6.24. The molecule has 2 unspecified atom stereocenters. The zero-order chi connectivity index (χ0) is 12.6. The summed E-state index contributed by atoms with van der Waals surface area (Å²) in [6.45, 7) is 6.22. The van der Waals surface area contributed by atoms with E-state index in [1.807, 2.05) is 0 Å². The van der Waals surface area contributed by atoms with E-state index in [4.69, 9.17) is 18.0 Å². The Morgan fingerprint density at radius 3 is 2.41 bits per heavy atom. The van der Waals surface area contributed by atoms with Crippen LogP contribution in [0.15, 0.2) is 18.2 Å². The van der Waals surface area contributed by atoms with Crippen LogP contribution in [0.5, 0.6) is 0 Å². The number of anilines is 1. The maximum Gasteiger partial charge on any atom is 0.147 e. The van der Waals surface area contributed by atoms with Gasteiger partial charge in [0.05, 0.1) is 5.69 Å². The molecule has 0 bridgehead atoms. The molecular formula is C13H17FN2S. The Labute approximate surface area is 107 Å². The van der Waals surface area contributed by atoms with Crippen molar-refractivity contribution < 1.29 is 4.39 Å². The van der Waals surface area contributed by atoms with E-state index >= 15 is 0 Å². The first-order valence-electron chi connectivity index (χ1n) is 5.83. The molecule has 0 amide bonds. The van der Waals surface area contributed by atoms with Gasteiger partial charge in [0.2, 0.25) is 0 Å². The summed E-state index contributed by atoms with van der Waals surface area (Å²) in [5, 5.41) is 0. The number of nitrogens with two attached hydrogens (primary N) is 1. The summed E-state index contributed by atoms with van der Waals surface area (Å²) in [6, 6.07) is 4.98. The van der Waals surface area contributed by atoms with Crippen molar-refractivity contribution in [1.29, 1.82) is 0 Å². The van der Waals surface area contributed by atoms with E-state index in [1.165, 1.54) is 6.07 Å². The quantitative estimate of drug-likeness (QED) is 0.820. The molecule has 1 fully saturated rings. The summed E-state index contributed by atoms with van der Waals surface area (Å²) >= 11 is 4.83. The summed E-state index contributed by atoms with van der Waals surface area (Å²) in [5.74, 6) is 0.964. The lowest BCUT2D eigenvalue weighted by Gasteiger charge is -2.19. The third-order valence-corrected chi connectivity index (χ3v) is 3.80. The predicted molar refractivity (Wildman–Crippen MR) is 72.8 cm³/mol. The van der Waals surface area contributed by atoms with Gasteiger partial charge in [-0.05, 0) is 30.0 Å². The van der Waals surface area contributed by atoms with E-state index in [2.05, 4.69) is 18.7 Å². The van der Waals surface area contributed by atoms with Crippen molar-refractivity contribution in [1.82, 2.24) is 0 Å². The third kappa shape index (κ3) is 2.41. The molecule has 1 aliphatic rings. The van der Waals surface area contributed by atoms with Crippen molar-refractivity contribution >= 4 is 22.9 Å². The molecule has 92 valence electrons. The smallest absolute Gasteiger partial charge is 0.147 e. The van der Waals surface area contributed by atoms with Gasteiger partial charge < -0.3 is 10.6 Å². The summed E-state index contributed by atoms with van der Waals surface area (Å²) in [7, 11) is 0. The van der Waals surface area contributed by atoms with E-state index in [0.29, 0.717) is 23.1 Å². The Hall–Kier alpha value is -1.16. The molecule has 0 radical (unpaired) electrons. The number of rotatable bonds is 2. The molecule has 17 heavy (non-hydrogen) atoms. The molecule has 2 N–H and O–H groups in total. The maximum atomic E-state index is 14.0. The number of halogens is 1. The summed E-state index contributed by atoms with van der Waals surface area (Å²) in [6.07, 6.45) is 0. The molecule has 4 heteroatoms. The van der Waals surface area contributed by atoms with Crippen molar-refractivity contribution in [3.8, 4) is 0 Å². The number of hydrogen-bond acceptors (Lipinski definition) is 2.